The van der Waals surface area contributed by atoms with Crippen molar-refractivity contribution >= 4 is 50.9 Å². The molecule has 0 saturated heterocycles. The van der Waals surface area contributed by atoms with E-state index in [2.05, 4.69) is 30.5 Å². The fourth-order valence-electron chi connectivity index (χ4n) is 3.59. The summed E-state index contributed by atoms with van der Waals surface area (Å²) >= 11 is 12.0. The zero-order valence-corrected chi connectivity index (χ0v) is 18.2. The molecule has 0 aliphatic carbocycles. The number of hydrogen-bond donors (Lipinski definition) is 3. The Kier molecular flexibility index (Phi) is 5.43. The van der Waals surface area contributed by atoms with Crippen molar-refractivity contribution < 1.29 is 13.6 Å². The molecule has 11 heteroatoms. The number of carbonyl (C=O) groups is 1. The molecule has 5 aromatic rings. The maximum absolute atomic E-state index is 14.7. The molecule has 7 nitrogen and oxygen atoms in total. The zero-order chi connectivity index (χ0) is 23.1. The van der Waals surface area contributed by atoms with Crippen molar-refractivity contribution in [1.29, 1.82) is 0 Å². The number of benzene rings is 2. The number of amides is 1. The van der Waals surface area contributed by atoms with Gasteiger partial charge in [-0.25, -0.2) is 8.78 Å². The van der Waals surface area contributed by atoms with Crippen LogP contribution in [0.5, 0.6) is 0 Å². The van der Waals surface area contributed by atoms with Crippen LogP contribution in [-0.4, -0.2) is 31.1 Å². The molecule has 1 amide bonds. The molecule has 0 bridgehead atoms. The number of carbonyl (C=O) groups excluding carboxylic acids is 1. The van der Waals surface area contributed by atoms with Gasteiger partial charge in [0.25, 0.3) is 5.91 Å². The first-order valence-electron chi connectivity index (χ1n) is 9.76. The van der Waals surface area contributed by atoms with Crippen molar-refractivity contribution in [2.24, 2.45) is 0 Å². The molecule has 166 valence electrons. The van der Waals surface area contributed by atoms with Gasteiger partial charge in [0.1, 0.15) is 23.0 Å². The number of halogens is 4. The number of pyridine rings is 1. The van der Waals surface area contributed by atoms with Gasteiger partial charge in [-0.05, 0) is 29.8 Å². The van der Waals surface area contributed by atoms with E-state index in [0.717, 1.165) is 0 Å². The highest BCUT2D eigenvalue weighted by molar-refractivity contribution is 6.35. The molecule has 0 unspecified atom stereocenters. The predicted octanol–water partition coefficient (Wildman–Crippen LogP) is 4.94. The van der Waals surface area contributed by atoms with E-state index in [0.29, 0.717) is 27.3 Å². The van der Waals surface area contributed by atoms with Gasteiger partial charge in [-0.3, -0.25) is 9.78 Å². The number of nitrogens with zero attached hydrogens (tertiary/aromatic N) is 3. The molecule has 2 aromatic carbocycles. The van der Waals surface area contributed by atoms with Crippen LogP contribution >= 0.6 is 23.2 Å². The molecule has 3 heterocycles. The summed E-state index contributed by atoms with van der Waals surface area (Å²) in [5.41, 5.74) is 1.66. The standard InChI is InChI=1S/C22H14Cl2F2N6O/c23-13-6-12-3-10(4-15(25)20(12)28-8-13)5-17-30-21(32-31-17)22(33)29-7-11-1-2-16-18(19(11)26)14(24)9-27-16/h1-4,6,8-9,27H,5,7H2,(H,29,33)(H,30,31,32). The largest absolute Gasteiger partial charge is 0.360 e. The number of aromatic nitrogens is 5. The van der Waals surface area contributed by atoms with E-state index in [9.17, 15) is 13.6 Å². The van der Waals surface area contributed by atoms with Gasteiger partial charge in [-0.15, -0.1) is 10.2 Å². The summed E-state index contributed by atoms with van der Waals surface area (Å²) in [4.78, 5) is 22.1. The SMILES string of the molecule is O=C(NCc1ccc2[nH]cc(Cl)c2c1F)c1nnc(Cc2cc(F)c3ncc(Cl)cc3c2)[nH]1. The highest BCUT2D eigenvalue weighted by Gasteiger charge is 2.16. The molecular weight excluding hydrogens is 473 g/mol. The number of nitrogens with one attached hydrogen (secondary N) is 3. The summed E-state index contributed by atoms with van der Waals surface area (Å²) in [6.07, 6.45) is 3.09. The van der Waals surface area contributed by atoms with Crippen molar-refractivity contribution in [3.63, 3.8) is 0 Å². The van der Waals surface area contributed by atoms with Crippen LogP contribution in [0.2, 0.25) is 10.0 Å². The van der Waals surface area contributed by atoms with E-state index in [-0.39, 0.29) is 40.3 Å². The third-order valence-electron chi connectivity index (χ3n) is 5.14. The van der Waals surface area contributed by atoms with Gasteiger partial charge in [-0.2, -0.15) is 0 Å². The third kappa shape index (κ3) is 4.12. The molecule has 3 N–H and O–H groups in total. The number of rotatable bonds is 5. The molecule has 0 aliphatic rings. The Labute approximate surface area is 195 Å². The van der Waals surface area contributed by atoms with E-state index >= 15 is 0 Å². The van der Waals surface area contributed by atoms with Gasteiger partial charge in [0.05, 0.1) is 15.4 Å². The Morgan fingerprint density at radius 3 is 2.82 bits per heavy atom. The van der Waals surface area contributed by atoms with Crippen molar-refractivity contribution in [2.75, 3.05) is 0 Å². The van der Waals surface area contributed by atoms with E-state index in [1.165, 1.54) is 18.5 Å². The fourth-order valence-corrected chi connectivity index (χ4v) is 4.00. The van der Waals surface area contributed by atoms with E-state index in [1.54, 1.807) is 24.3 Å². The first-order chi connectivity index (χ1) is 15.9. The lowest BCUT2D eigenvalue weighted by atomic mass is 10.1. The second-order valence-electron chi connectivity index (χ2n) is 7.38. The van der Waals surface area contributed by atoms with Gasteiger partial charge in [0, 0.05) is 41.8 Å². The second kappa shape index (κ2) is 8.42. The summed E-state index contributed by atoms with van der Waals surface area (Å²) < 4.78 is 29.0. The predicted molar refractivity (Wildman–Crippen MR) is 120 cm³/mol. The first-order valence-corrected chi connectivity index (χ1v) is 10.5. The minimum Gasteiger partial charge on any atom is -0.360 e. The van der Waals surface area contributed by atoms with Crippen LogP contribution in [0.4, 0.5) is 8.78 Å². The molecule has 33 heavy (non-hydrogen) atoms. The quantitative estimate of drug-likeness (QED) is 0.327. The molecule has 0 spiro atoms. The van der Waals surface area contributed by atoms with Crippen molar-refractivity contribution in [3.05, 3.63) is 87.2 Å². The van der Waals surface area contributed by atoms with Crippen LogP contribution in [-0.2, 0) is 13.0 Å². The highest BCUT2D eigenvalue weighted by Crippen LogP contribution is 2.28. The van der Waals surface area contributed by atoms with E-state index < -0.39 is 17.5 Å². The summed E-state index contributed by atoms with van der Waals surface area (Å²) in [5.74, 6) is -1.24. The van der Waals surface area contributed by atoms with Crippen molar-refractivity contribution in [1.82, 2.24) is 30.5 Å². The van der Waals surface area contributed by atoms with Crippen LogP contribution in [0, 0.1) is 11.6 Å². The average molecular weight is 487 g/mol. The Morgan fingerprint density at radius 1 is 1.12 bits per heavy atom. The Bertz CT molecular complexity index is 1530. The van der Waals surface area contributed by atoms with Crippen LogP contribution in [0.25, 0.3) is 21.8 Å². The summed E-state index contributed by atoms with van der Waals surface area (Å²) in [5, 5.41) is 11.9. The van der Waals surface area contributed by atoms with Gasteiger partial charge < -0.3 is 15.3 Å². The molecule has 3 aromatic heterocycles. The Balaban J connectivity index is 1.30. The summed E-state index contributed by atoms with van der Waals surface area (Å²) in [6, 6.07) is 7.95. The minimum absolute atomic E-state index is 0.0443. The van der Waals surface area contributed by atoms with Gasteiger partial charge >= 0.3 is 0 Å². The zero-order valence-electron chi connectivity index (χ0n) is 16.7. The topological polar surface area (TPSA) is 99.3 Å². The van der Waals surface area contributed by atoms with Crippen LogP contribution in [0.1, 0.15) is 27.6 Å². The van der Waals surface area contributed by atoms with Gasteiger partial charge in [0.2, 0.25) is 5.82 Å². The van der Waals surface area contributed by atoms with Crippen LogP contribution < -0.4 is 5.32 Å². The van der Waals surface area contributed by atoms with E-state index in [4.69, 9.17) is 23.2 Å². The highest BCUT2D eigenvalue weighted by atomic mass is 35.5. The molecule has 0 fully saturated rings. The molecule has 0 radical (unpaired) electrons. The average Bonchev–Trinajstić information content (AvgIpc) is 3.40. The summed E-state index contributed by atoms with van der Waals surface area (Å²) in [6.45, 7) is -0.0677. The number of aromatic amines is 2. The molecule has 5 rings (SSSR count). The fraction of sp³-hybridized carbons (Fsp3) is 0.0909. The van der Waals surface area contributed by atoms with Crippen LogP contribution in [0.15, 0.2) is 42.7 Å². The number of H-pyrrole nitrogens is 2. The Hall–Kier alpha value is -3.56. The molecule has 0 saturated carbocycles. The maximum atomic E-state index is 14.7. The number of hydrogen-bond acceptors (Lipinski definition) is 4. The lowest BCUT2D eigenvalue weighted by molar-refractivity contribution is 0.0940. The van der Waals surface area contributed by atoms with Gasteiger partial charge in [-0.1, -0.05) is 29.3 Å². The van der Waals surface area contributed by atoms with Crippen LogP contribution in [0.3, 0.4) is 0 Å². The van der Waals surface area contributed by atoms with Gasteiger partial charge in [0.15, 0.2) is 0 Å². The first kappa shape index (κ1) is 21.3. The lowest BCUT2D eigenvalue weighted by Gasteiger charge is -2.06. The van der Waals surface area contributed by atoms with Crippen molar-refractivity contribution in [2.45, 2.75) is 13.0 Å². The minimum atomic E-state index is -0.561. The van der Waals surface area contributed by atoms with Crippen molar-refractivity contribution in [3.8, 4) is 0 Å². The molecule has 0 atom stereocenters. The lowest BCUT2D eigenvalue weighted by Crippen LogP contribution is -2.24. The molecule has 0 aliphatic heterocycles. The Morgan fingerprint density at radius 2 is 1.97 bits per heavy atom. The summed E-state index contributed by atoms with van der Waals surface area (Å²) in [7, 11) is 0. The van der Waals surface area contributed by atoms with E-state index in [1.807, 2.05) is 0 Å². The third-order valence-corrected chi connectivity index (χ3v) is 5.64. The smallest absolute Gasteiger partial charge is 0.289 e. The normalized spacial score (nSPS) is 11.4. The monoisotopic (exact) mass is 486 g/mol. The molecular formula is C22H14Cl2F2N6O. The maximum Gasteiger partial charge on any atom is 0.289 e. The number of fused-ring (bicyclic) bond motifs is 2. The second-order valence-corrected chi connectivity index (χ2v) is 8.22.